The second-order valence-electron chi connectivity index (χ2n) is 7.04. The SMILES string of the molecule is O=C(NCCC1CCN(C(=O)Nc2cc(F)ccc2F)CC1)c1cccc(F)c1. The second-order valence-corrected chi connectivity index (χ2v) is 7.04. The van der Waals surface area contributed by atoms with Gasteiger partial charge in [0.2, 0.25) is 0 Å². The molecule has 0 spiro atoms. The molecule has 1 aliphatic heterocycles. The lowest BCUT2D eigenvalue weighted by atomic mass is 9.93. The van der Waals surface area contributed by atoms with Crippen LogP contribution in [0.2, 0.25) is 0 Å². The average molecular weight is 405 g/mol. The van der Waals surface area contributed by atoms with Gasteiger partial charge in [0.05, 0.1) is 5.69 Å². The maximum absolute atomic E-state index is 13.7. The summed E-state index contributed by atoms with van der Waals surface area (Å²) in [4.78, 5) is 25.8. The molecule has 1 heterocycles. The minimum Gasteiger partial charge on any atom is -0.352 e. The molecule has 5 nitrogen and oxygen atoms in total. The predicted octanol–water partition coefficient (Wildman–Crippen LogP) is 4.17. The third-order valence-electron chi connectivity index (χ3n) is 5.00. The Balaban J connectivity index is 1.40. The van der Waals surface area contributed by atoms with Crippen LogP contribution in [0.15, 0.2) is 42.5 Å². The van der Waals surface area contributed by atoms with Gasteiger partial charge >= 0.3 is 6.03 Å². The molecule has 3 amide bonds. The van der Waals surface area contributed by atoms with E-state index in [-0.39, 0.29) is 17.2 Å². The molecule has 29 heavy (non-hydrogen) atoms. The first-order valence-electron chi connectivity index (χ1n) is 9.47. The molecule has 0 saturated carbocycles. The number of rotatable bonds is 5. The van der Waals surface area contributed by atoms with Gasteiger partial charge in [0.1, 0.15) is 17.5 Å². The van der Waals surface area contributed by atoms with Gasteiger partial charge in [-0.25, -0.2) is 18.0 Å². The van der Waals surface area contributed by atoms with Crippen LogP contribution in [0, 0.1) is 23.4 Å². The van der Waals surface area contributed by atoms with E-state index in [2.05, 4.69) is 10.6 Å². The average Bonchev–Trinajstić information content (AvgIpc) is 2.71. The summed E-state index contributed by atoms with van der Waals surface area (Å²) in [6, 6.07) is 7.95. The number of piperidine rings is 1. The van der Waals surface area contributed by atoms with Crippen LogP contribution < -0.4 is 10.6 Å². The summed E-state index contributed by atoms with van der Waals surface area (Å²) >= 11 is 0. The van der Waals surface area contributed by atoms with Crippen LogP contribution in [-0.4, -0.2) is 36.5 Å². The number of nitrogens with zero attached hydrogens (tertiary/aromatic N) is 1. The fraction of sp³-hybridized carbons (Fsp3) is 0.333. The van der Waals surface area contributed by atoms with Crippen LogP contribution in [0.1, 0.15) is 29.6 Å². The Bertz CT molecular complexity index is 883. The van der Waals surface area contributed by atoms with Crippen LogP contribution in [0.3, 0.4) is 0 Å². The molecule has 1 fully saturated rings. The fourth-order valence-electron chi connectivity index (χ4n) is 3.33. The Kier molecular flexibility index (Phi) is 6.74. The summed E-state index contributed by atoms with van der Waals surface area (Å²) in [5.41, 5.74) is 0.0956. The molecule has 8 heteroatoms. The van der Waals surface area contributed by atoms with E-state index in [4.69, 9.17) is 0 Å². The van der Waals surface area contributed by atoms with E-state index in [1.165, 1.54) is 18.2 Å². The van der Waals surface area contributed by atoms with Gasteiger partial charge in [0, 0.05) is 31.3 Å². The van der Waals surface area contributed by atoms with Crippen molar-refractivity contribution in [3.8, 4) is 0 Å². The quantitative estimate of drug-likeness (QED) is 0.785. The number of nitrogens with one attached hydrogen (secondary N) is 2. The monoisotopic (exact) mass is 405 g/mol. The summed E-state index contributed by atoms with van der Waals surface area (Å²) in [6.07, 6.45) is 2.23. The molecule has 0 bridgehead atoms. The van der Waals surface area contributed by atoms with Crippen LogP contribution in [-0.2, 0) is 0 Å². The maximum Gasteiger partial charge on any atom is 0.321 e. The highest BCUT2D eigenvalue weighted by Crippen LogP contribution is 2.22. The van der Waals surface area contributed by atoms with E-state index < -0.39 is 23.5 Å². The third-order valence-corrected chi connectivity index (χ3v) is 5.00. The molecule has 1 aliphatic rings. The van der Waals surface area contributed by atoms with E-state index in [1.807, 2.05) is 0 Å². The van der Waals surface area contributed by atoms with Crippen LogP contribution in [0.4, 0.5) is 23.7 Å². The molecule has 0 aromatic heterocycles. The normalized spacial score (nSPS) is 14.5. The number of benzene rings is 2. The van der Waals surface area contributed by atoms with Crippen LogP contribution in [0.5, 0.6) is 0 Å². The molecular weight excluding hydrogens is 383 g/mol. The van der Waals surface area contributed by atoms with Crippen LogP contribution >= 0.6 is 0 Å². The van der Waals surface area contributed by atoms with Gasteiger partial charge < -0.3 is 15.5 Å². The number of hydrogen-bond acceptors (Lipinski definition) is 2. The number of amides is 3. The molecule has 0 aliphatic carbocycles. The van der Waals surface area contributed by atoms with Crippen molar-refractivity contribution >= 4 is 17.6 Å². The highest BCUT2D eigenvalue weighted by Gasteiger charge is 2.23. The van der Waals surface area contributed by atoms with Crippen molar-refractivity contribution in [1.29, 1.82) is 0 Å². The number of carbonyl (C=O) groups is 2. The number of anilines is 1. The fourth-order valence-corrected chi connectivity index (χ4v) is 3.33. The van der Waals surface area contributed by atoms with Gasteiger partial charge in [0.25, 0.3) is 5.91 Å². The largest absolute Gasteiger partial charge is 0.352 e. The molecule has 1 saturated heterocycles. The summed E-state index contributed by atoms with van der Waals surface area (Å²) in [5, 5.41) is 5.18. The van der Waals surface area contributed by atoms with Gasteiger partial charge in [0.15, 0.2) is 0 Å². The minimum atomic E-state index is -0.691. The van der Waals surface area contributed by atoms with Gasteiger partial charge in [-0.2, -0.15) is 0 Å². The highest BCUT2D eigenvalue weighted by molar-refractivity contribution is 5.94. The molecule has 154 valence electrons. The van der Waals surface area contributed by atoms with Crippen LogP contribution in [0.25, 0.3) is 0 Å². The summed E-state index contributed by atoms with van der Waals surface area (Å²) in [7, 11) is 0. The van der Waals surface area contributed by atoms with E-state index >= 15 is 0 Å². The number of hydrogen-bond donors (Lipinski definition) is 2. The third kappa shape index (κ3) is 5.73. The molecular formula is C21H22F3N3O2. The number of urea groups is 1. The smallest absolute Gasteiger partial charge is 0.321 e. The van der Waals surface area contributed by atoms with Crippen molar-refractivity contribution in [2.75, 3.05) is 25.0 Å². The standard InChI is InChI=1S/C21H22F3N3O2/c22-16-3-1-2-15(12-16)20(28)25-9-6-14-7-10-27(11-8-14)21(29)26-19-13-17(23)4-5-18(19)24/h1-5,12-14H,6-11H2,(H,25,28)(H,26,29). The van der Waals surface area contributed by atoms with Crippen molar-refractivity contribution in [3.05, 3.63) is 65.5 Å². The summed E-state index contributed by atoms with van der Waals surface area (Å²) in [5.74, 6) is -1.76. The van der Waals surface area contributed by atoms with Crippen molar-refractivity contribution in [1.82, 2.24) is 10.2 Å². The Labute approximate surface area is 166 Å². The van der Waals surface area contributed by atoms with Gasteiger partial charge in [-0.05, 0) is 55.5 Å². The van der Waals surface area contributed by atoms with Gasteiger partial charge in [-0.3, -0.25) is 4.79 Å². The maximum atomic E-state index is 13.7. The number of likely N-dealkylation sites (tertiary alicyclic amines) is 1. The Morgan fingerprint density at radius 2 is 1.72 bits per heavy atom. The van der Waals surface area contributed by atoms with Gasteiger partial charge in [-0.1, -0.05) is 6.07 Å². The lowest BCUT2D eigenvalue weighted by Gasteiger charge is -2.32. The molecule has 2 aromatic rings. The Morgan fingerprint density at radius 1 is 1.00 bits per heavy atom. The first-order valence-corrected chi connectivity index (χ1v) is 9.47. The molecule has 0 atom stereocenters. The topological polar surface area (TPSA) is 61.4 Å². The zero-order chi connectivity index (χ0) is 20.8. The zero-order valence-corrected chi connectivity index (χ0v) is 15.8. The molecule has 2 aromatic carbocycles. The first kappa shape index (κ1) is 20.7. The Morgan fingerprint density at radius 3 is 2.45 bits per heavy atom. The Hall–Kier alpha value is -3.03. The highest BCUT2D eigenvalue weighted by atomic mass is 19.1. The predicted molar refractivity (Wildman–Crippen MR) is 103 cm³/mol. The molecule has 0 unspecified atom stereocenters. The van der Waals surface area contributed by atoms with Crippen molar-refractivity contribution in [2.45, 2.75) is 19.3 Å². The minimum absolute atomic E-state index is 0.183. The van der Waals surface area contributed by atoms with Crippen molar-refractivity contribution in [3.63, 3.8) is 0 Å². The summed E-state index contributed by atoms with van der Waals surface area (Å²) in [6.45, 7) is 1.44. The molecule has 3 rings (SSSR count). The molecule has 2 N–H and O–H groups in total. The summed E-state index contributed by atoms with van der Waals surface area (Å²) < 4.78 is 40.0. The molecule has 0 radical (unpaired) electrons. The van der Waals surface area contributed by atoms with E-state index in [0.717, 1.165) is 37.5 Å². The van der Waals surface area contributed by atoms with E-state index in [9.17, 15) is 22.8 Å². The van der Waals surface area contributed by atoms with Gasteiger partial charge in [-0.15, -0.1) is 0 Å². The van der Waals surface area contributed by atoms with Crippen molar-refractivity contribution < 1.29 is 22.8 Å². The second kappa shape index (κ2) is 9.45. The lowest BCUT2D eigenvalue weighted by Crippen LogP contribution is -2.41. The van der Waals surface area contributed by atoms with E-state index in [1.54, 1.807) is 11.0 Å². The van der Waals surface area contributed by atoms with Crippen molar-refractivity contribution in [2.24, 2.45) is 5.92 Å². The zero-order valence-electron chi connectivity index (χ0n) is 15.8. The number of carbonyl (C=O) groups excluding carboxylic acids is 2. The first-order chi connectivity index (χ1) is 13.9. The van der Waals surface area contributed by atoms with E-state index in [0.29, 0.717) is 25.6 Å². The lowest BCUT2D eigenvalue weighted by molar-refractivity contribution is 0.0949. The number of halogens is 3.